The molecule has 0 aromatic heterocycles. The number of benzene rings is 2. The van der Waals surface area contributed by atoms with Crippen molar-refractivity contribution in [2.24, 2.45) is 0 Å². The van der Waals surface area contributed by atoms with E-state index in [1.54, 1.807) is 32.9 Å². The van der Waals surface area contributed by atoms with Crippen molar-refractivity contribution in [3.8, 4) is 5.75 Å². The summed E-state index contributed by atoms with van der Waals surface area (Å²) >= 11 is 4.61. The van der Waals surface area contributed by atoms with Crippen molar-refractivity contribution in [1.29, 1.82) is 0 Å². The lowest BCUT2D eigenvalue weighted by molar-refractivity contribution is -0.162. The second-order valence-electron chi connectivity index (χ2n) is 11.6. The van der Waals surface area contributed by atoms with Crippen LogP contribution in [0, 0.1) is 0 Å². The van der Waals surface area contributed by atoms with E-state index in [0.29, 0.717) is 10.2 Å². The Bertz CT molecular complexity index is 1410. The summed E-state index contributed by atoms with van der Waals surface area (Å²) in [5, 5.41) is 2.33. The van der Waals surface area contributed by atoms with Gasteiger partial charge in [-0.25, -0.2) is 22.3 Å². The van der Waals surface area contributed by atoms with Crippen LogP contribution in [0.4, 0.5) is 10.5 Å². The summed E-state index contributed by atoms with van der Waals surface area (Å²) in [6, 6.07) is 11.4. The van der Waals surface area contributed by atoms with Gasteiger partial charge in [0.1, 0.15) is 16.7 Å². The molecule has 13 heteroatoms. The maximum atomic E-state index is 14.4. The molecule has 0 spiro atoms. The second-order valence-corrected chi connectivity index (χ2v) is 15.4. The molecule has 2 aromatic rings. The molecule has 1 heterocycles. The molecule has 1 saturated heterocycles. The Morgan fingerprint density at radius 1 is 1.00 bits per heavy atom. The normalized spacial score (nSPS) is 18.2. The van der Waals surface area contributed by atoms with Crippen LogP contribution >= 0.6 is 27.7 Å². The second kappa shape index (κ2) is 11.9. The van der Waals surface area contributed by atoms with Crippen molar-refractivity contribution in [3.05, 3.63) is 53.0 Å². The number of anilines is 1. The highest BCUT2D eigenvalue weighted by atomic mass is 79.9. The number of sulfonamides is 1. The molecule has 0 radical (unpaired) electrons. The predicted molar refractivity (Wildman–Crippen MR) is 163 cm³/mol. The number of carbonyl (C=O) groups excluding carboxylic acids is 3. The molecule has 3 rings (SSSR count). The fourth-order valence-corrected chi connectivity index (χ4v) is 7.43. The smallest absolute Gasteiger partial charge is 0.414 e. The number of hydrogen-bond acceptors (Lipinski definition) is 9. The zero-order valence-electron chi connectivity index (χ0n) is 24.3. The molecule has 1 fully saturated rings. The highest BCUT2D eigenvalue weighted by Gasteiger charge is 2.57. The lowest BCUT2D eigenvalue weighted by Gasteiger charge is -2.41. The van der Waals surface area contributed by atoms with Gasteiger partial charge in [0, 0.05) is 29.9 Å². The summed E-state index contributed by atoms with van der Waals surface area (Å²) in [7, 11) is -1.49. The zero-order chi connectivity index (χ0) is 31.0. The summed E-state index contributed by atoms with van der Waals surface area (Å²) in [4.78, 5) is 41.5. The number of halogens is 1. The molecule has 1 N–H and O–H groups in total. The van der Waals surface area contributed by atoms with Crippen molar-refractivity contribution in [1.82, 2.24) is 10.2 Å². The van der Waals surface area contributed by atoms with Gasteiger partial charge < -0.3 is 14.4 Å². The number of thioether (sulfide) groups is 1. The molecule has 2 atom stereocenters. The third kappa shape index (κ3) is 7.43. The summed E-state index contributed by atoms with van der Waals surface area (Å²) in [6.07, 6.45) is -0.627. The monoisotopic (exact) mass is 669 g/mol. The van der Waals surface area contributed by atoms with E-state index in [4.69, 9.17) is 9.47 Å². The predicted octanol–water partition coefficient (Wildman–Crippen LogP) is 4.82. The molecule has 0 unspecified atom stereocenters. The van der Waals surface area contributed by atoms with Crippen LogP contribution in [0.2, 0.25) is 0 Å². The number of amides is 1. The number of esters is 1. The van der Waals surface area contributed by atoms with Gasteiger partial charge in [0.25, 0.3) is 10.0 Å². The van der Waals surface area contributed by atoms with Crippen LogP contribution < -0.4 is 14.4 Å². The maximum absolute atomic E-state index is 14.4. The average molecular weight is 671 g/mol. The number of carbonyl (C=O) groups is 3. The number of Topliss-reactive ketones (excluding diaryl/α,β-unsaturated/α-hetero) is 1. The van der Waals surface area contributed by atoms with Crippen LogP contribution in [0.3, 0.4) is 0 Å². The molecule has 0 aliphatic carbocycles. The maximum Gasteiger partial charge on any atom is 0.414 e. The van der Waals surface area contributed by atoms with Gasteiger partial charge in [0.15, 0.2) is 5.78 Å². The van der Waals surface area contributed by atoms with Gasteiger partial charge in [-0.05, 0) is 90.1 Å². The van der Waals surface area contributed by atoms with Gasteiger partial charge in [-0.3, -0.25) is 10.1 Å². The first-order valence-corrected chi connectivity index (χ1v) is 16.0. The standard InChI is InChI=1S/C28H36BrN3O7S2/c1-26(2,3)39-24(34)28(6,22(33)23-30-27(4,5)17-40-23)32(41(36,37)21-15-9-18(29)10-16-21)19-11-13-20(14-12-19)38-25(35)31(7)8/h9-16,23,30H,17H2,1-8H3/t23-,28+/m0/s1. The molecule has 1 aliphatic rings. The van der Waals surface area contributed by atoms with Crippen molar-refractivity contribution >= 4 is 61.2 Å². The van der Waals surface area contributed by atoms with Crippen molar-refractivity contribution in [2.75, 3.05) is 24.2 Å². The number of nitrogens with one attached hydrogen (secondary N) is 1. The van der Waals surface area contributed by atoms with E-state index in [-0.39, 0.29) is 16.3 Å². The third-order valence-corrected chi connectivity index (χ3v) is 10.1. The molecule has 41 heavy (non-hydrogen) atoms. The van der Waals surface area contributed by atoms with E-state index in [1.165, 1.54) is 74.1 Å². The fraction of sp³-hybridized carbons (Fsp3) is 0.464. The van der Waals surface area contributed by atoms with Gasteiger partial charge in [-0.15, -0.1) is 11.8 Å². The lowest BCUT2D eigenvalue weighted by atomic mass is 9.94. The van der Waals surface area contributed by atoms with Gasteiger partial charge in [-0.1, -0.05) is 15.9 Å². The Morgan fingerprint density at radius 3 is 2.02 bits per heavy atom. The quantitative estimate of drug-likeness (QED) is 0.311. The zero-order valence-corrected chi connectivity index (χ0v) is 27.6. The van der Waals surface area contributed by atoms with Gasteiger partial charge in [0.2, 0.25) is 5.54 Å². The minimum atomic E-state index is -4.54. The number of ketones is 1. The minimum absolute atomic E-state index is 0.00142. The summed E-state index contributed by atoms with van der Waals surface area (Å²) in [5.41, 5.74) is -3.77. The average Bonchev–Trinajstić information content (AvgIpc) is 3.23. The number of rotatable bonds is 8. The Labute approximate surface area is 254 Å². The van der Waals surface area contributed by atoms with Crippen LogP contribution in [0.15, 0.2) is 57.9 Å². The van der Waals surface area contributed by atoms with E-state index in [1.807, 2.05) is 13.8 Å². The number of hydrogen-bond donors (Lipinski definition) is 1. The van der Waals surface area contributed by atoms with E-state index in [9.17, 15) is 22.8 Å². The fourth-order valence-electron chi connectivity index (χ4n) is 3.98. The summed E-state index contributed by atoms with van der Waals surface area (Å²) in [6.45, 7) is 10.0. The first-order chi connectivity index (χ1) is 18.8. The Morgan fingerprint density at radius 2 is 1.56 bits per heavy atom. The van der Waals surface area contributed by atoms with Crippen LogP contribution in [0.25, 0.3) is 0 Å². The first-order valence-electron chi connectivity index (χ1n) is 12.8. The van der Waals surface area contributed by atoms with Crippen molar-refractivity contribution < 1.29 is 32.3 Å². The SMILES string of the molecule is CN(C)C(=O)Oc1ccc(N([C@@](C)(C(=O)OC(C)(C)C)C(=O)[C@H]2NC(C)(C)CS2)S(=O)(=O)c2ccc(Br)cc2)cc1. The van der Waals surface area contributed by atoms with E-state index >= 15 is 0 Å². The van der Waals surface area contributed by atoms with E-state index in [2.05, 4.69) is 21.2 Å². The molecule has 1 aliphatic heterocycles. The molecule has 0 saturated carbocycles. The Balaban J connectivity index is 2.26. The molecule has 224 valence electrons. The van der Waals surface area contributed by atoms with Crippen LogP contribution in [-0.2, 0) is 24.3 Å². The molecule has 2 aromatic carbocycles. The molecule has 1 amide bonds. The van der Waals surface area contributed by atoms with Crippen molar-refractivity contribution in [3.63, 3.8) is 0 Å². The number of nitrogens with zero attached hydrogens (tertiary/aromatic N) is 2. The van der Waals surface area contributed by atoms with E-state index < -0.39 is 49.9 Å². The summed E-state index contributed by atoms with van der Waals surface area (Å²) < 4.78 is 41.2. The highest BCUT2D eigenvalue weighted by Crippen LogP contribution is 2.39. The third-order valence-electron chi connectivity index (χ3n) is 6.05. The van der Waals surface area contributed by atoms with Crippen LogP contribution in [-0.4, -0.2) is 73.1 Å². The van der Waals surface area contributed by atoms with Crippen molar-refractivity contribution in [2.45, 2.75) is 68.5 Å². The van der Waals surface area contributed by atoms with Crippen LogP contribution in [0.5, 0.6) is 5.75 Å². The molecular weight excluding hydrogens is 634 g/mol. The lowest BCUT2D eigenvalue weighted by Crippen LogP contribution is -2.65. The summed E-state index contributed by atoms with van der Waals surface area (Å²) in [5.74, 6) is -0.982. The van der Waals surface area contributed by atoms with E-state index in [0.717, 1.165) is 4.31 Å². The molecule has 10 nitrogen and oxygen atoms in total. The van der Waals surface area contributed by atoms with Crippen LogP contribution in [0.1, 0.15) is 41.5 Å². The highest BCUT2D eigenvalue weighted by molar-refractivity contribution is 9.10. The number of ether oxygens (including phenoxy) is 2. The minimum Gasteiger partial charge on any atom is -0.458 e. The Kier molecular flexibility index (Phi) is 9.58. The van der Waals surface area contributed by atoms with Gasteiger partial charge in [0.05, 0.1) is 10.6 Å². The Hall–Kier alpha value is -2.61. The first kappa shape index (κ1) is 32.9. The molecular formula is C28H36BrN3O7S2. The van der Waals surface area contributed by atoms with Gasteiger partial charge in [-0.2, -0.15) is 0 Å². The molecule has 0 bridgehead atoms. The van der Waals surface area contributed by atoms with Gasteiger partial charge >= 0.3 is 12.1 Å². The topological polar surface area (TPSA) is 122 Å². The largest absolute Gasteiger partial charge is 0.458 e.